The Kier molecular flexibility index (Phi) is 5.59. The molecule has 1 atom stereocenters. The number of aryl methyl sites for hydroxylation is 1. The summed E-state index contributed by atoms with van der Waals surface area (Å²) in [4.78, 5) is 33.4. The van der Waals surface area contributed by atoms with E-state index in [1.807, 2.05) is 11.0 Å². The number of fused-ring (bicyclic) bond motifs is 1. The molecule has 1 aromatic rings. The molecule has 0 saturated carbocycles. The average molecular weight is 452 g/mol. The lowest BCUT2D eigenvalue weighted by Crippen LogP contribution is -2.48. The second-order valence-corrected chi connectivity index (χ2v) is 9.46. The number of nitrogens with zero attached hydrogens (tertiary/aromatic N) is 5. The Labute approximate surface area is 192 Å². The van der Waals surface area contributed by atoms with E-state index in [0.29, 0.717) is 12.4 Å². The second-order valence-electron chi connectivity index (χ2n) is 9.46. The first-order chi connectivity index (χ1) is 16.0. The number of hydrogen-bond acceptors (Lipinski definition) is 8. The molecule has 0 bridgehead atoms. The molecule has 1 amide bonds. The van der Waals surface area contributed by atoms with Crippen LogP contribution in [0.1, 0.15) is 49.1 Å². The highest BCUT2D eigenvalue weighted by Crippen LogP contribution is 2.43. The van der Waals surface area contributed by atoms with Gasteiger partial charge in [0.25, 0.3) is 0 Å². The van der Waals surface area contributed by atoms with Crippen LogP contribution in [0.4, 0.5) is 5.82 Å². The summed E-state index contributed by atoms with van der Waals surface area (Å²) in [7, 11) is 0. The number of carbonyl (C=O) groups is 2. The van der Waals surface area contributed by atoms with E-state index in [-0.39, 0.29) is 23.2 Å². The van der Waals surface area contributed by atoms with Crippen LogP contribution in [0.2, 0.25) is 0 Å². The quantitative estimate of drug-likeness (QED) is 0.233. The molecule has 10 heteroatoms. The lowest BCUT2D eigenvalue weighted by Gasteiger charge is -2.47. The van der Waals surface area contributed by atoms with E-state index in [1.165, 1.54) is 0 Å². The molecule has 1 spiro atoms. The minimum Gasteiger partial charge on any atom is -0.456 e. The smallest absolute Gasteiger partial charge is 0.333 e. The highest BCUT2D eigenvalue weighted by atomic mass is 16.5. The van der Waals surface area contributed by atoms with E-state index in [1.54, 1.807) is 12.3 Å². The van der Waals surface area contributed by atoms with Crippen LogP contribution in [0.25, 0.3) is 0 Å². The van der Waals surface area contributed by atoms with Crippen LogP contribution in [0.5, 0.6) is 0 Å². The predicted octanol–water partition coefficient (Wildman–Crippen LogP) is 2.62. The average Bonchev–Trinajstić information content (AvgIpc) is 3.46. The molecule has 2 fully saturated rings. The Morgan fingerprint density at radius 3 is 2.61 bits per heavy atom. The fourth-order valence-corrected chi connectivity index (χ4v) is 5.75. The van der Waals surface area contributed by atoms with Gasteiger partial charge in [0.2, 0.25) is 5.91 Å². The number of cyclic esters (lactones) is 1. The molecule has 4 aliphatic rings. The van der Waals surface area contributed by atoms with Crippen molar-refractivity contribution in [2.24, 2.45) is 10.6 Å². The third-order valence-corrected chi connectivity index (χ3v) is 7.86. The van der Waals surface area contributed by atoms with E-state index in [2.05, 4.69) is 15.1 Å². The van der Waals surface area contributed by atoms with Crippen LogP contribution in [0.3, 0.4) is 0 Å². The zero-order valence-corrected chi connectivity index (χ0v) is 18.6. The molecule has 0 aromatic carbocycles. The van der Waals surface area contributed by atoms with Gasteiger partial charge in [0.1, 0.15) is 12.9 Å². The van der Waals surface area contributed by atoms with Gasteiger partial charge in [-0.25, -0.2) is 9.78 Å². The normalized spacial score (nSPS) is 23.7. The van der Waals surface area contributed by atoms with Crippen LogP contribution in [-0.2, 0) is 20.7 Å². The molecule has 1 unspecified atom stereocenters. The number of amides is 1. The van der Waals surface area contributed by atoms with E-state index < -0.39 is 0 Å². The van der Waals surface area contributed by atoms with Crippen molar-refractivity contribution in [2.75, 3.05) is 37.8 Å². The third-order valence-electron chi connectivity index (χ3n) is 7.86. The largest absolute Gasteiger partial charge is 0.456 e. The predicted molar refractivity (Wildman–Crippen MR) is 120 cm³/mol. The Bertz CT molecular complexity index is 997. The second kappa shape index (κ2) is 8.57. The summed E-state index contributed by atoms with van der Waals surface area (Å²) < 4.78 is 5.05. The molecule has 174 valence electrons. The van der Waals surface area contributed by atoms with E-state index >= 15 is 0 Å². The summed E-state index contributed by atoms with van der Waals surface area (Å²) in [5.41, 5.74) is 10.5. The Balaban J connectivity index is 1.18. The third kappa shape index (κ3) is 3.98. The molecule has 0 radical (unpaired) electrons. The first-order valence-corrected chi connectivity index (χ1v) is 11.6. The van der Waals surface area contributed by atoms with Gasteiger partial charge in [-0.05, 0) is 61.1 Å². The van der Waals surface area contributed by atoms with E-state index in [9.17, 15) is 9.59 Å². The summed E-state index contributed by atoms with van der Waals surface area (Å²) >= 11 is 0. The number of aromatic nitrogens is 1. The summed E-state index contributed by atoms with van der Waals surface area (Å²) in [6, 6.07) is 1.84. The fourth-order valence-electron chi connectivity index (χ4n) is 5.75. The number of pyridine rings is 1. The number of carbonyl (C=O) groups excluding carboxylic acids is 2. The molecule has 2 N–H and O–H groups in total. The van der Waals surface area contributed by atoms with Crippen molar-refractivity contribution in [1.29, 1.82) is 10.9 Å². The van der Waals surface area contributed by atoms with Crippen molar-refractivity contribution < 1.29 is 14.3 Å². The maximum atomic E-state index is 13.4. The summed E-state index contributed by atoms with van der Waals surface area (Å²) in [5.74, 6) is 0.222. The zero-order valence-electron chi connectivity index (χ0n) is 18.6. The fraction of sp³-hybridized carbons (Fsp3) is 0.565. The topological polar surface area (TPSA) is 126 Å². The van der Waals surface area contributed by atoms with Crippen molar-refractivity contribution in [3.8, 4) is 0 Å². The summed E-state index contributed by atoms with van der Waals surface area (Å²) in [6.07, 6.45) is 10.1. The molecule has 3 aliphatic heterocycles. The van der Waals surface area contributed by atoms with Crippen molar-refractivity contribution in [3.05, 3.63) is 35.2 Å². The maximum Gasteiger partial charge on any atom is 0.333 e. The Morgan fingerprint density at radius 1 is 1.24 bits per heavy atom. The van der Waals surface area contributed by atoms with Crippen LogP contribution >= 0.6 is 0 Å². The first-order valence-electron chi connectivity index (χ1n) is 11.6. The van der Waals surface area contributed by atoms with Crippen molar-refractivity contribution in [1.82, 2.24) is 14.8 Å². The molecule has 1 aliphatic carbocycles. The van der Waals surface area contributed by atoms with Crippen molar-refractivity contribution in [2.45, 2.75) is 44.4 Å². The minimum atomic E-state index is -0.240. The molecular weight excluding hydrogens is 422 g/mol. The molecule has 4 heterocycles. The van der Waals surface area contributed by atoms with Crippen LogP contribution in [0.15, 0.2) is 29.3 Å². The van der Waals surface area contributed by atoms with Crippen LogP contribution in [0, 0.1) is 16.4 Å². The number of nitrogens with one attached hydrogen (secondary N) is 2. The highest BCUT2D eigenvalue weighted by molar-refractivity contribution is 5.86. The first kappa shape index (κ1) is 21.5. The van der Waals surface area contributed by atoms with Gasteiger partial charge in [-0.2, -0.15) is 10.5 Å². The minimum absolute atomic E-state index is 0.161. The standard InChI is InChI=1S/C23H29N7O3/c24-15-30(27-25)20-11-16-1-2-18(19(16)13-26-20)22(32)29-9-5-23(6-10-29)3-7-28(8-4-23)17-12-21(31)33-14-17/h11-13,15,18,24-25H,1-10,14H2. The molecule has 33 heavy (non-hydrogen) atoms. The lowest BCUT2D eigenvalue weighted by molar-refractivity contribution is -0.136. The van der Waals surface area contributed by atoms with Crippen LogP contribution in [-0.4, -0.2) is 65.8 Å². The van der Waals surface area contributed by atoms with Gasteiger partial charge in [-0.3, -0.25) is 10.2 Å². The molecular formula is C23H29N7O3. The SMILES string of the molecule is N=CN(N=N)c1cc2c(cn1)C(C(=O)N1CCC3(CC1)CCN(C1=CC(=O)OC1)CC3)CC2. The molecule has 5 rings (SSSR count). The van der Waals surface area contributed by atoms with E-state index in [4.69, 9.17) is 15.7 Å². The summed E-state index contributed by atoms with van der Waals surface area (Å²) in [5, 5.41) is 11.7. The number of anilines is 1. The molecule has 1 aromatic heterocycles. The van der Waals surface area contributed by atoms with Gasteiger partial charge >= 0.3 is 5.97 Å². The van der Waals surface area contributed by atoms with Gasteiger partial charge in [0.05, 0.1) is 11.6 Å². The van der Waals surface area contributed by atoms with Gasteiger partial charge in [0, 0.05) is 38.5 Å². The number of hydrogen-bond donors (Lipinski definition) is 2. The number of esters is 1. The maximum absolute atomic E-state index is 13.4. The van der Waals surface area contributed by atoms with Crippen LogP contribution < -0.4 is 5.01 Å². The number of ether oxygens (including phenoxy) is 1. The Hall–Kier alpha value is -3.30. The van der Waals surface area contributed by atoms with Gasteiger partial charge in [-0.15, -0.1) is 0 Å². The lowest BCUT2D eigenvalue weighted by atomic mass is 9.71. The number of likely N-dealkylation sites (tertiary alicyclic amines) is 2. The van der Waals surface area contributed by atoms with Gasteiger partial charge in [-0.1, -0.05) is 5.22 Å². The molecule has 2 saturated heterocycles. The molecule has 10 nitrogen and oxygen atoms in total. The zero-order chi connectivity index (χ0) is 23.0. The van der Waals surface area contributed by atoms with Gasteiger partial charge in [0.15, 0.2) is 5.82 Å². The summed E-state index contributed by atoms with van der Waals surface area (Å²) in [6.45, 7) is 3.86. The number of rotatable bonds is 5. The highest BCUT2D eigenvalue weighted by Gasteiger charge is 2.41. The Morgan fingerprint density at radius 2 is 1.97 bits per heavy atom. The van der Waals surface area contributed by atoms with E-state index in [0.717, 1.165) is 92.9 Å². The monoisotopic (exact) mass is 451 g/mol. The van der Waals surface area contributed by atoms with Gasteiger partial charge < -0.3 is 14.5 Å². The number of piperidine rings is 2. The van der Waals surface area contributed by atoms with Crippen molar-refractivity contribution in [3.63, 3.8) is 0 Å². The van der Waals surface area contributed by atoms with Crippen molar-refractivity contribution >= 4 is 24.0 Å².